The van der Waals surface area contributed by atoms with Crippen LogP contribution in [0.3, 0.4) is 0 Å². The summed E-state index contributed by atoms with van der Waals surface area (Å²) >= 11 is 1.59. The summed E-state index contributed by atoms with van der Waals surface area (Å²) < 4.78 is 4.52. The van der Waals surface area contributed by atoms with Gasteiger partial charge in [-0.15, -0.1) is 11.3 Å². The van der Waals surface area contributed by atoms with E-state index in [1.165, 1.54) is 7.11 Å². The van der Waals surface area contributed by atoms with Gasteiger partial charge in [-0.1, -0.05) is 0 Å². The second-order valence-electron chi connectivity index (χ2n) is 3.01. The molecule has 78 valence electrons. The van der Waals surface area contributed by atoms with E-state index in [0.717, 1.165) is 10.7 Å². The SMILES string of the molecule is COC(=O)CNC(C)c1nc(C)cs1. The number of hydrogen-bond donors (Lipinski definition) is 1. The Morgan fingerprint density at radius 3 is 3.00 bits per heavy atom. The Morgan fingerprint density at radius 2 is 2.50 bits per heavy atom. The van der Waals surface area contributed by atoms with E-state index in [1.807, 2.05) is 19.2 Å². The molecule has 0 radical (unpaired) electrons. The molecule has 0 aromatic carbocycles. The van der Waals surface area contributed by atoms with Gasteiger partial charge in [-0.2, -0.15) is 0 Å². The van der Waals surface area contributed by atoms with Crippen LogP contribution in [0.1, 0.15) is 23.7 Å². The van der Waals surface area contributed by atoms with Gasteiger partial charge in [-0.3, -0.25) is 10.1 Å². The number of esters is 1. The lowest BCUT2D eigenvalue weighted by Gasteiger charge is -2.09. The maximum Gasteiger partial charge on any atom is 0.319 e. The predicted molar refractivity (Wildman–Crippen MR) is 55.3 cm³/mol. The average Bonchev–Trinajstić information content (AvgIpc) is 2.60. The number of thiazole rings is 1. The van der Waals surface area contributed by atoms with Crippen LogP contribution in [0, 0.1) is 6.92 Å². The maximum absolute atomic E-state index is 10.9. The number of aromatic nitrogens is 1. The van der Waals surface area contributed by atoms with Crippen LogP contribution in [0.2, 0.25) is 0 Å². The number of carbonyl (C=O) groups is 1. The van der Waals surface area contributed by atoms with Crippen molar-refractivity contribution >= 4 is 17.3 Å². The zero-order chi connectivity index (χ0) is 10.6. The zero-order valence-electron chi connectivity index (χ0n) is 8.53. The minimum Gasteiger partial charge on any atom is -0.468 e. The molecule has 0 bridgehead atoms. The van der Waals surface area contributed by atoms with E-state index >= 15 is 0 Å². The molecule has 0 saturated carbocycles. The fraction of sp³-hybridized carbons (Fsp3) is 0.556. The van der Waals surface area contributed by atoms with Gasteiger partial charge < -0.3 is 4.74 Å². The Labute approximate surface area is 87.3 Å². The minimum atomic E-state index is -0.259. The molecule has 14 heavy (non-hydrogen) atoms. The quantitative estimate of drug-likeness (QED) is 0.767. The lowest BCUT2D eigenvalue weighted by Crippen LogP contribution is -2.26. The molecule has 0 saturated heterocycles. The molecule has 1 aromatic rings. The highest BCUT2D eigenvalue weighted by Crippen LogP contribution is 2.16. The first-order valence-electron chi connectivity index (χ1n) is 4.35. The van der Waals surface area contributed by atoms with Crippen molar-refractivity contribution < 1.29 is 9.53 Å². The van der Waals surface area contributed by atoms with E-state index < -0.39 is 0 Å². The molecular formula is C9H14N2O2S. The Balaban J connectivity index is 2.42. The van der Waals surface area contributed by atoms with Crippen molar-refractivity contribution in [1.82, 2.24) is 10.3 Å². The van der Waals surface area contributed by atoms with Crippen molar-refractivity contribution in [1.29, 1.82) is 0 Å². The minimum absolute atomic E-state index is 0.0906. The number of hydrogen-bond acceptors (Lipinski definition) is 5. The summed E-state index contributed by atoms with van der Waals surface area (Å²) in [5.74, 6) is -0.259. The van der Waals surface area contributed by atoms with Crippen LogP contribution in [-0.4, -0.2) is 24.6 Å². The number of methoxy groups -OCH3 is 1. The molecule has 1 heterocycles. The summed E-state index contributed by atoms with van der Waals surface area (Å²) in [5, 5.41) is 6.02. The first kappa shape index (κ1) is 11.1. The summed E-state index contributed by atoms with van der Waals surface area (Å²) in [5.41, 5.74) is 1.01. The smallest absolute Gasteiger partial charge is 0.319 e. The zero-order valence-corrected chi connectivity index (χ0v) is 9.35. The van der Waals surface area contributed by atoms with Crippen LogP contribution < -0.4 is 5.32 Å². The average molecular weight is 214 g/mol. The van der Waals surface area contributed by atoms with Gasteiger partial charge in [-0.05, 0) is 13.8 Å². The number of carbonyl (C=O) groups excluding carboxylic acids is 1. The lowest BCUT2D eigenvalue weighted by molar-refractivity contribution is -0.139. The van der Waals surface area contributed by atoms with Gasteiger partial charge in [0.05, 0.1) is 19.7 Å². The Hall–Kier alpha value is -0.940. The third-order valence-electron chi connectivity index (χ3n) is 1.79. The highest BCUT2D eigenvalue weighted by molar-refractivity contribution is 7.09. The van der Waals surface area contributed by atoms with E-state index in [4.69, 9.17) is 0 Å². The van der Waals surface area contributed by atoms with Gasteiger partial charge in [0, 0.05) is 11.1 Å². The fourth-order valence-corrected chi connectivity index (χ4v) is 1.80. The second kappa shape index (κ2) is 5.07. The van der Waals surface area contributed by atoms with Crippen molar-refractivity contribution in [3.05, 3.63) is 16.1 Å². The monoisotopic (exact) mass is 214 g/mol. The molecule has 0 aliphatic carbocycles. The second-order valence-corrected chi connectivity index (χ2v) is 3.90. The van der Waals surface area contributed by atoms with Gasteiger partial charge in [0.2, 0.25) is 0 Å². The van der Waals surface area contributed by atoms with Gasteiger partial charge >= 0.3 is 5.97 Å². The van der Waals surface area contributed by atoms with Crippen LogP contribution in [0.25, 0.3) is 0 Å². The molecule has 0 spiro atoms. The largest absolute Gasteiger partial charge is 0.468 e. The third kappa shape index (κ3) is 3.08. The molecule has 1 N–H and O–H groups in total. The van der Waals surface area contributed by atoms with Gasteiger partial charge in [-0.25, -0.2) is 4.98 Å². The fourth-order valence-electron chi connectivity index (χ4n) is 0.967. The van der Waals surface area contributed by atoms with Crippen molar-refractivity contribution in [2.24, 2.45) is 0 Å². The molecule has 1 atom stereocenters. The molecular weight excluding hydrogens is 200 g/mol. The van der Waals surface area contributed by atoms with Gasteiger partial charge in [0.1, 0.15) is 5.01 Å². The standard InChI is InChI=1S/C9H14N2O2S/c1-6-5-14-9(11-6)7(2)10-4-8(12)13-3/h5,7,10H,4H2,1-3H3. The number of aryl methyl sites for hydroxylation is 1. The van der Waals surface area contributed by atoms with Crippen molar-refractivity contribution in [3.63, 3.8) is 0 Å². The highest BCUT2D eigenvalue weighted by atomic mass is 32.1. The molecule has 0 amide bonds. The highest BCUT2D eigenvalue weighted by Gasteiger charge is 2.10. The number of ether oxygens (including phenoxy) is 1. The van der Waals surface area contributed by atoms with E-state index in [-0.39, 0.29) is 18.6 Å². The van der Waals surface area contributed by atoms with E-state index in [0.29, 0.717) is 0 Å². The lowest BCUT2D eigenvalue weighted by atomic mass is 10.3. The molecule has 5 heteroatoms. The van der Waals surface area contributed by atoms with E-state index in [2.05, 4.69) is 15.0 Å². The predicted octanol–water partition coefficient (Wildman–Crippen LogP) is 1.28. The van der Waals surface area contributed by atoms with Gasteiger partial charge in [0.25, 0.3) is 0 Å². The first-order valence-corrected chi connectivity index (χ1v) is 5.23. The Bertz CT molecular complexity index is 312. The normalized spacial score (nSPS) is 12.5. The molecule has 0 fully saturated rings. The van der Waals surface area contributed by atoms with Gasteiger partial charge in [0.15, 0.2) is 0 Å². The van der Waals surface area contributed by atoms with Crippen LogP contribution in [0.5, 0.6) is 0 Å². The molecule has 1 rings (SSSR count). The van der Waals surface area contributed by atoms with Crippen LogP contribution in [0.15, 0.2) is 5.38 Å². The maximum atomic E-state index is 10.9. The number of rotatable bonds is 4. The molecule has 4 nitrogen and oxygen atoms in total. The van der Waals surface area contributed by atoms with Crippen molar-refractivity contribution in [2.75, 3.05) is 13.7 Å². The molecule has 0 aliphatic heterocycles. The van der Waals surface area contributed by atoms with Crippen LogP contribution in [0.4, 0.5) is 0 Å². The van der Waals surface area contributed by atoms with E-state index in [1.54, 1.807) is 11.3 Å². The molecule has 1 aromatic heterocycles. The summed E-state index contributed by atoms with van der Waals surface area (Å²) in [6.45, 7) is 4.14. The van der Waals surface area contributed by atoms with Crippen LogP contribution >= 0.6 is 11.3 Å². The number of nitrogens with one attached hydrogen (secondary N) is 1. The summed E-state index contributed by atoms with van der Waals surface area (Å²) in [6, 6.07) is 0.0906. The molecule has 1 unspecified atom stereocenters. The van der Waals surface area contributed by atoms with Crippen molar-refractivity contribution in [2.45, 2.75) is 19.9 Å². The summed E-state index contributed by atoms with van der Waals surface area (Å²) in [6.07, 6.45) is 0. The summed E-state index contributed by atoms with van der Waals surface area (Å²) in [4.78, 5) is 15.2. The van der Waals surface area contributed by atoms with Crippen molar-refractivity contribution in [3.8, 4) is 0 Å². The summed E-state index contributed by atoms with van der Waals surface area (Å²) in [7, 11) is 1.38. The topological polar surface area (TPSA) is 51.2 Å². The third-order valence-corrected chi connectivity index (χ3v) is 2.93. The Morgan fingerprint density at radius 1 is 1.79 bits per heavy atom. The first-order chi connectivity index (χ1) is 6.63. The van der Waals surface area contributed by atoms with E-state index in [9.17, 15) is 4.79 Å². The molecule has 0 aliphatic rings. The van der Waals surface area contributed by atoms with Crippen LogP contribution in [-0.2, 0) is 9.53 Å². The number of nitrogens with zero attached hydrogens (tertiary/aromatic N) is 1. The Kier molecular flexibility index (Phi) is 4.03.